The predicted molar refractivity (Wildman–Crippen MR) is 101 cm³/mol. The average molecular weight is 393 g/mol. The number of hydrogen-bond donors (Lipinski definition) is 1. The van der Waals surface area contributed by atoms with Crippen molar-refractivity contribution in [3.63, 3.8) is 0 Å². The highest BCUT2D eigenvalue weighted by atomic mass is 35.5. The minimum absolute atomic E-state index is 0.217. The summed E-state index contributed by atoms with van der Waals surface area (Å²) in [5.74, 6) is -1.11. The minimum atomic E-state index is -3.72. The van der Waals surface area contributed by atoms with E-state index in [4.69, 9.17) is 11.6 Å². The molecule has 0 aromatic heterocycles. The number of nitrogens with one attached hydrogen (secondary N) is 1. The largest absolute Gasteiger partial charge is 0.321 e. The van der Waals surface area contributed by atoms with E-state index in [1.807, 2.05) is 0 Å². The summed E-state index contributed by atoms with van der Waals surface area (Å²) in [5.41, 5.74) is 0.0352. The SMILES string of the molecule is CC1(C)CS(=O)(=O)N(c2ccc(C(=O)Nc3ccccc3Cl)cc2)C1=O. The van der Waals surface area contributed by atoms with Crippen molar-refractivity contribution in [2.45, 2.75) is 13.8 Å². The van der Waals surface area contributed by atoms with Crippen molar-refractivity contribution in [2.24, 2.45) is 5.41 Å². The van der Waals surface area contributed by atoms with Crippen LogP contribution in [-0.4, -0.2) is 26.0 Å². The number of anilines is 2. The highest BCUT2D eigenvalue weighted by Crippen LogP contribution is 2.35. The standard InChI is InChI=1S/C18H17ClN2O4S/c1-18(2)11-26(24,25)21(17(18)23)13-9-7-12(8-10-13)16(22)20-15-6-4-3-5-14(15)19/h3-10H,11H2,1-2H3,(H,20,22). The van der Waals surface area contributed by atoms with Crippen LogP contribution in [0.4, 0.5) is 11.4 Å². The fourth-order valence-electron chi connectivity index (χ4n) is 2.77. The Morgan fingerprint density at radius 1 is 1.12 bits per heavy atom. The van der Waals surface area contributed by atoms with Gasteiger partial charge in [0.2, 0.25) is 15.9 Å². The Hall–Kier alpha value is -2.38. The summed E-state index contributed by atoms with van der Waals surface area (Å²) in [6, 6.07) is 12.7. The van der Waals surface area contributed by atoms with Crippen LogP contribution in [0.3, 0.4) is 0 Å². The van der Waals surface area contributed by atoms with Crippen molar-refractivity contribution in [1.29, 1.82) is 0 Å². The summed E-state index contributed by atoms with van der Waals surface area (Å²) >= 11 is 6.02. The van der Waals surface area contributed by atoms with Gasteiger partial charge >= 0.3 is 0 Å². The quantitative estimate of drug-likeness (QED) is 0.868. The first kappa shape index (κ1) is 18.4. The van der Waals surface area contributed by atoms with Crippen molar-refractivity contribution in [3.05, 3.63) is 59.1 Å². The number of amides is 2. The summed E-state index contributed by atoms with van der Waals surface area (Å²) in [6.07, 6.45) is 0. The van der Waals surface area contributed by atoms with Crippen LogP contribution >= 0.6 is 11.6 Å². The number of halogens is 1. The minimum Gasteiger partial charge on any atom is -0.321 e. The fourth-order valence-corrected chi connectivity index (χ4v) is 5.06. The van der Waals surface area contributed by atoms with Gasteiger partial charge in [-0.15, -0.1) is 0 Å². The van der Waals surface area contributed by atoms with Crippen LogP contribution in [0.25, 0.3) is 0 Å². The van der Waals surface area contributed by atoms with Crippen molar-refractivity contribution in [3.8, 4) is 0 Å². The van der Waals surface area contributed by atoms with Gasteiger partial charge in [0.05, 0.1) is 27.6 Å². The highest BCUT2D eigenvalue weighted by Gasteiger charge is 2.49. The molecule has 1 N–H and O–H groups in total. The number of para-hydroxylation sites is 1. The molecule has 0 spiro atoms. The molecule has 0 atom stereocenters. The molecule has 26 heavy (non-hydrogen) atoms. The molecular formula is C18H17ClN2O4S. The normalized spacial score (nSPS) is 18.0. The maximum Gasteiger partial charge on any atom is 0.255 e. The number of hydrogen-bond acceptors (Lipinski definition) is 4. The predicted octanol–water partition coefficient (Wildman–Crippen LogP) is 3.29. The van der Waals surface area contributed by atoms with E-state index < -0.39 is 21.3 Å². The zero-order valence-corrected chi connectivity index (χ0v) is 15.8. The van der Waals surface area contributed by atoms with Crippen LogP contribution < -0.4 is 9.62 Å². The molecule has 8 heteroatoms. The molecule has 0 aliphatic carbocycles. The number of carbonyl (C=O) groups excluding carboxylic acids is 2. The number of carbonyl (C=O) groups is 2. The molecule has 136 valence electrons. The lowest BCUT2D eigenvalue weighted by Crippen LogP contribution is -2.32. The van der Waals surface area contributed by atoms with Crippen LogP contribution in [0.15, 0.2) is 48.5 Å². The zero-order chi connectivity index (χ0) is 19.1. The Labute approximate surface area is 156 Å². The lowest BCUT2D eigenvalue weighted by molar-refractivity contribution is -0.123. The summed E-state index contributed by atoms with van der Waals surface area (Å²) in [4.78, 5) is 24.7. The van der Waals surface area contributed by atoms with Gasteiger partial charge in [0.1, 0.15) is 0 Å². The molecule has 1 saturated heterocycles. The van der Waals surface area contributed by atoms with Gasteiger partial charge in [0.15, 0.2) is 0 Å². The van der Waals surface area contributed by atoms with E-state index in [1.165, 1.54) is 24.3 Å². The smallest absolute Gasteiger partial charge is 0.255 e. The van der Waals surface area contributed by atoms with E-state index in [0.29, 0.717) is 16.3 Å². The van der Waals surface area contributed by atoms with Gasteiger partial charge in [0.25, 0.3) is 5.91 Å². The molecule has 2 aromatic carbocycles. The summed E-state index contributed by atoms with van der Waals surface area (Å²) in [7, 11) is -3.72. The molecule has 1 aliphatic heterocycles. The molecule has 2 aromatic rings. The van der Waals surface area contributed by atoms with Gasteiger partial charge in [-0.25, -0.2) is 12.7 Å². The van der Waals surface area contributed by atoms with Crippen molar-refractivity contribution >= 4 is 44.8 Å². The third-order valence-electron chi connectivity index (χ3n) is 4.07. The van der Waals surface area contributed by atoms with Gasteiger partial charge in [-0.05, 0) is 50.2 Å². The summed E-state index contributed by atoms with van der Waals surface area (Å²) < 4.78 is 25.4. The summed E-state index contributed by atoms with van der Waals surface area (Å²) in [6.45, 7) is 3.19. The molecule has 1 heterocycles. The topological polar surface area (TPSA) is 83.6 Å². The lowest BCUT2D eigenvalue weighted by Gasteiger charge is -2.17. The molecule has 1 fully saturated rings. The number of sulfonamides is 1. The number of nitrogens with zero attached hydrogens (tertiary/aromatic N) is 1. The van der Waals surface area contributed by atoms with Crippen molar-refractivity contribution < 1.29 is 18.0 Å². The average Bonchev–Trinajstić information content (AvgIpc) is 2.73. The highest BCUT2D eigenvalue weighted by molar-refractivity contribution is 7.94. The molecule has 0 radical (unpaired) electrons. The Morgan fingerprint density at radius 2 is 1.73 bits per heavy atom. The summed E-state index contributed by atoms with van der Waals surface area (Å²) in [5, 5.41) is 3.09. The maximum absolute atomic E-state index is 12.4. The van der Waals surface area contributed by atoms with Gasteiger partial charge < -0.3 is 5.32 Å². The van der Waals surface area contributed by atoms with Crippen LogP contribution in [-0.2, 0) is 14.8 Å². The lowest BCUT2D eigenvalue weighted by atomic mass is 9.95. The second-order valence-corrected chi connectivity index (χ2v) is 8.92. The molecule has 3 rings (SSSR count). The second-order valence-electron chi connectivity index (χ2n) is 6.69. The molecule has 2 amide bonds. The van der Waals surface area contributed by atoms with E-state index in [2.05, 4.69) is 5.32 Å². The first-order valence-corrected chi connectivity index (χ1v) is 9.84. The van der Waals surface area contributed by atoms with Gasteiger partial charge in [-0.3, -0.25) is 9.59 Å². The Kier molecular flexibility index (Phi) is 4.54. The number of rotatable bonds is 3. The van der Waals surface area contributed by atoms with E-state index >= 15 is 0 Å². The van der Waals surface area contributed by atoms with Crippen LogP contribution in [0.2, 0.25) is 5.02 Å². The van der Waals surface area contributed by atoms with Crippen molar-refractivity contribution in [2.75, 3.05) is 15.4 Å². The Balaban J connectivity index is 1.84. The Morgan fingerprint density at radius 3 is 2.27 bits per heavy atom. The molecular weight excluding hydrogens is 376 g/mol. The van der Waals surface area contributed by atoms with E-state index in [-0.39, 0.29) is 17.3 Å². The van der Waals surface area contributed by atoms with Gasteiger partial charge in [0, 0.05) is 5.56 Å². The number of benzene rings is 2. The van der Waals surface area contributed by atoms with Crippen molar-refractivity contribution in [1.82, 2.24) is 0 Å². The third-order valence-corrected chi connectivity index (χ3v) is 6.42. The monoisotopic (exact) mass is 392 g/mol. The second kappa shape index (κ2) is 6.41. The molecule has 0 unspecified atom stereocenters. The molecule has 6 nitrogen and oxygen atoms in total. The zero-order valence-electron chi connectivity index (χ0n) is 14.2. The van der Waals surface area contributed by atoms with E-state index in [0.717, 1.165) is 4.31 Å². The molecule has 1 aliphatic rings. The Bertz CT molecular complexity index is 985. The molecule has 0 bridgehead atoms. The van der Waals surface area contributed by atoms with Gasteiger partial charge in [-0.1, -0.05) is 23.7 Å². The first-order valence-electron chi connectivity index (χ1n) is 7.85. The third kappa shape index (κ3) is 3.32. The van der Waals surface area contributed by atoms with Crippen LogP contribution in [0.1, 0.15) is 24.2 Å². The first-order chi connectivity index (χ1) is 12.1. The van der Waals surface area contributed by atoms with E-state index in [1.54, 1.807) is 38.1 Å². The molecule has 0 saturated carbocycles. The van der Waals surface area contributed by atoms with Crippen LogP contribution in [0.5, 0.6) is 0 Å². The maximum atomic E-state index is 12.4. The van der Waals surface area contributed by atoms with E-state index in [9.17, 15) is 18.0 Å². The van der Waals surface area contributed by atoms with Gasteiger partial charge in [-0.2, -0.15) is 0 Å². The van der Waals surface area contributed by atoms with Crippen LogP contribution in [0, 0.1) is 5.41 Å². The fraction of sp³-hybridized carbons (Fsp3) is 0.222.